The average molecular weight is 460 g/mol. The molecule has 0 radical (unpaired) electrons. The van der Waals surface area contributed by atoms with E-state index in [4.69, 9.17) is 23.2 Å². The molecule has 0 amide bonds. The minimum absolute atomic E-state index is 0.0591. The summed E-state index contributed by atoms with van der Waals surface area (Å²) in [4.78, 5) is 26.8. The van der Waals surface area contributed by atoms with E-state index in [2.05, 4.69) is 4.98 Å². The van der Waals surface area contributed by atoms with Gasteiger partial charge in [-0.15, -0.1) is 0 Å². The number of halogens is 5. The summed E-state index contributed by atoms with van der Waals surface area (Å²) in [6.07, 6.45) is -2.38. The van der Waals surface area contributed by atoms with Crippen LogP contribution in [0.15, 0.2) is 48.9 Å². The fourth-order valence-corrected chi connectivity index (χ4v) is 2.86. The molecule has 1 heterocycles. The van der Waals surface area contributed by atoms with Crippen LogP contribution in [0.4, 0.5) is 18.9 Å². The molecule has 0 fully saturated rings. The number of alkyl halides is 3. The summed E-state index contributed by atoms with van der Waals surface area (Å²) in [5, 5.41) is 10.8. The second kappa shape index (κ2) is 9.27. The standard InChI is InChI=1S/C17H8Cl2F3N3O3.C2H6/c18-9-1-4-15(25(27)28)11(5-9)16(26)14-7-24(8-23-14)10-2-3-13(19)12(6-10)17(20,21)22;1-2/h1-8H;1-2H3. The maximum absolute atomic E-state index is 13.0. The highest BCUT2D eigenvalue weighted by Crippen LogP contribution is 2.36. The van der Waals surface area contributed by atoms with Crippen molar-refractivity contribution in [3.63, 3.8) is 0 Å². The van der Waals surface area contributed by atoms with Gasteiger partial charge in [-0.1, -0.05) is 37.0 Å². The van der Waals surface area contributed by atoms with Gasteiger partial charge in [-0.2, -0.15) is 13.2 Å². The van der Waals surface area contributed by atoms with Gasteiger partial charge in [-0.05, 0) is 30.3 Å². The fourth-order valence-electron chi connectivity index (χ4n) is 2.46. The molecule has 0 spiro atoms. The van der Waals surface area contributed by atoms with Crippen molar-refractivity contribution in [2.24, 2.45) is 0 Å². The minimum atomic E-state index is -4.66. The van der Waals surface area contributed by atoms with Gasteiger partial charge in [0.15, 0.2) is 0 Å². The molecule has 0 aliphatic rings. The second-order valence-corrected chi connectivity index (χ2v) is 6.42. The lowest BCUT2D eigenvalue weighted by Crippen LogP contribution is -2.07. The lowest BCUT2D eigenvalue weighted by molar-refractivity contribution is -0.385. The van der Waals surface area contributed by atoms with Crippen LogP contribution in [0.1, 0.15) is 35.5 Å². The Morgan fingerprint density at radius 1 is 1.13 bits per heavy atom. The number of hydrogen-bond donors (Lipinski definition) is 0. The van der Waals surface area contributed by atoms with Gasteiger partial charge < -0.3 is 4.57 Å². The van der Waals surface area contributed by atoms with Crippen molar-refractivity contribution in [2.45, 2.75) is 20.0 Å². The van der Waals surface area contributed by atoms with Gasteiger partial charge in [-0.3, -0.25) is 14.9 Å². The van der Waals surface area contributed by atoms with E-state index in [1.165, 1.54) is 16.7 Å². The van der Waals surface area contributed by atoms with Crippen molar-refractivity contribution in [1.82, 2.24) is 9.55 Å². The van der Waals surface area contributed by atoms with Crippen molar-refractivity contribution in [2.75, 3.05) is 0 Å². The number of rotatable bonds is 4. The zero-order valence-corrected chi connectivity index (χ0v) is 17.1. The topological polar surface area (TPSA) is 78.0 Å². The third-order valence-electron chi connectivity index (χ3n) is 3.77. The average Bonchev–Trinajstić information content (AvgIpc) is 3.18. The van der Waals surface area contributed by atoms with Gasteiger partial charge in [0.1, 0.15) is 17.6 Å². The van der Waals surface area contributed by atoms with Crippen molar-refractivity contribution in [1.29, 1.82) is 0 Å². The first-order valence-corrected chi connectivity index (χ1v) is 9.23. The van der Waals surface area contributed by atoms with E-state index in [0.717, 1.165) is 36.8 Å². The summed E-state index contributed by atoms with van der Waals surface area (Å²) in [7, 11) is 0. The van der Waals surface area contributed by atoms with Crippen molar-refractivity contribution in [3.8, 4) is 5.69 Å². The van der Waals surface area contributed by atoms with E-state index in [1.807, 2.05) is 13.8 Å². The van der Waals surface area contributed by atoms with E-state index in [-0.39, 0.29) is 22.0 Å². The largest absolute Gasteiger partial charge is 0.417 e. The number of benzene rings is 2. The molecule has 0 atom stereocenters. The molecular weight excluding hydrogens is 446 g/mol. The van der Waals surface area contributed by atoms with Crippen LogP contribution in [0.5, 0.6) is 0 Å². The molecule has 0 saturated heterocycles. The molecule has 158 valence electrons. The lowest BCUT2D eigenvalue weighted by Gasteiger charge is -2.11. The van der Waals surface area contributed by atoms with Crippen LogP contribution in [-0.4, -0.2) is 20.3 Å². The van der Waals surface area contributed by atoms with Crippen LogP contribution in [-0.2, 0) is 6.18 Å². The maximum atomic E-state index is 13.0. The highest BCUT2D eigenvalue weighted by atomic mass is 35.5. The van der Waals surface area contributed by atoms with Crippen LogP contribution in [0.3, 0.4) is 0 Å². The molecule has 11 heteroatoms. The molecule has 30 heavy (non-hydrogen) atoms. The summed E-state index contributed by atoms with van der Waals surface area (Å²) >= 11 is 11.4. The maximum Gasteiger partial charge on any atom is 0.417 e. The molecule has 2 aromatic carbocycles. The number of hydrogen-bond acceptors (Lipinski definition) is 4. The predicted octanol–water partition coefficient (Wildman–Crippen LogP) is 6.36. The summed E-state index contributed by atoms with van der Waals surface area (Å²) in [6, 6.07) is 6.67. The molecule has 3 rings (SSSR count). The van der Waals surface area contributed by atoms with Crippen molar-refractivity contribution < 1.29 is 22.9 Å². The molecule has 1 aromatic heterocycles. The van der Waals surface area contributed by atoms with E-state index in [0.29, 0.717) is 0 Å². The number of nitrogens with zero attached hydrogens (tertiary/aromatic N) is 3. The Hall–Kier alpha value is -2.91. The van der Waals surface area contributed by atoms with Crippen LogP contribution < -0.4 is 0 Å². The second-order valence-electron chi connectivity index (χ2n) is 5.58. The molecule has 0 unspecified atom stereocenters. The number of aromatic nitrogens is 2. The van der Waals surface area contributed by atoms with Gasteiger partial charge in [-0.25, -0.2) is 4.98 Å². The zero-order chi connectivity index (χ0) is 22.6. The Bertz CT molecular complexity index is 1100. The highest BCUT2D eigenvalue weighted by molar-refractivity contribution is 6.31. The molecule has 0 aliphatic heterocycles. The normalized spacial score (nSPS) is 10.9. The predicted molar refractivity (Wildman–Crippen MR) is 106 cm³/mol. The van der Waals surface area contributed by atoms with Crippen molar-refractivity contribution in [3.05, 3.63) is 85.9 Å². The van der Waals surface area contributed by atoms with Crippen LogP contribution in [0.25, 0.3) is 5.69 Å². The van der Waals surface area contributed by atoms with E-state index >= 15 is 0 Å². The van der Waals surface area contributed by atoms with Gasteiger partial charge in [0.05, 0.1) is 15.5 Å². The first kappa shape index (κ1) is 23.4. The summed E-state index contributed by atoms with van der Waals surface area (Å²) in [6.45, 7) is 4.00. The van der Waals surface area contributed by atoms with Gasteiger partial charge in [0, 0.05) is 23.0 Å². The first-order chi connectivity index (χ1) is 14.1. The molecule has 6 nitrogen and oxygen atoms in total. The summed E-state index contributed by atoms with van der Waals surface area (Å²) < 4.78 is 40.2. The number of nitro groups is 1. The molecule has 0 aliphatic carbocycles. The number of carbonyl (C=O) groups excluding carboxylic acids is 1. The Kier molecular flexibility index (Phi) is 7.22. The van der Waals surface area contributed by atoms with Crippen molar-refractivity contribution >= 4 is 34.7 Å². The Morgan fingerprint density at radius 2 is 1.80 bits per heavy atom. The Balaban J connectivity index is 0.00000155. The number of carbonyl (C=O) groups is 1. The third-order valence-corrected chi connectivity index (χ3v) is 4.33. The van der Waals surface area contributed by atoms with Gasteiger partial charge in [0.2, 0.25) is 5.78 Å². The van der Waals surface area contributed by atoms with Crippen LogP contribution >= 0.6 is 23.2 Å². The smallest absolute Gasteiger partial charge is 0.306 e. The molecule has 0 bridgehead atoms. The number of ketones is 1. The number of imidazole rings is 1. The zero-order valence-electron chi connectivity index (χ0n) is 15.6. The molecule has 0 N–H and O–H groups in total. The molecule has 3 aromatic rings. The summed E-state index contributed by atoms with van der Waals surface area (Å²) in [5.41, 5.74) is -1.93. The van der Waals surface area contributed by atoms with Crippen LogP contribution in [0, 0.1) is 10.1 Å². The van der Waals surface area contributed by atoms with Gasteiger partial charge in [0.25, 0.3) is 5.69 Å². The fraction of sp³-hybridized carbons (Fsp3) is 0.158. The molecule has 0 saturated carbocycles. The highest BCUT2D eigenvalue weighted by Gasteiger charge is 2.33. The molecular formula is C19H14Cl2F3N3O3. The quantitative estimate of drug-likeness (QED) is 0.258. The third kappa shape index (κ3) is 4.98. The monoisotopic (exact) mass is 459 g/mol. The van der Waals surface area contributed by atoms with E-state index in [1.54, 1.807) is 0 Å². The minimum Gasteiger partial charge on any atom is -0.306 e. The Labute approximate surface area is 179 Å². The summed E-state index contributed by atoms with van der Waals surface area (Å²) in [5.74, 6) is -0.794. The SMILES string of the molecule is CC.O=C(c1cn(-c2ccc(Cl)c(C(F)(F)F)c2)cn1)c1cc(Cl)ccc1[N+](=O)[O-]. The van der Waals surface area contributed by atoms with Gasteiger partial charge >= 0.3 is 6.18 Å². The lowest BCUT2D eigenvalue weighted by atomic mass is 10.1. The van der Waals surface area contributed by atoms with E-state index in [9.17, 15) is 28.1 Å². The first-order valence-electron chi connectivity index (χ1n) is 8.47. The van der Waals surface area contributed by atoms with Crippen LogP contribution in [0.2, 0.25) is 10.0 Å². The Morgan fingerprint density at radius 3 is 2.40 bits per heavy atom. The number of nitro benzene ring substituents is 1. The van der Waals surface area contributed by atoms with E-state index < -0.39 is 33.2 Å².